The van der Waals surface area contributed by atoms with Crippen LogP contribution in [0.25, 0.3) is 0 Å². The van der Waals surface area contributed by atoms with Gasteiger partial charge in [0.15, 0.2) is 0 Å². The van der Waals surface area contributed by atoms with Crippen molar-refractivity contribution in [3.05, 3.63) is 47.8 Å². The maximum Gasteiger partial charge on any atom is 0.244 e. The lowest BCUT2D eigenvalue weighted by Crippen LogP contribution is -2.29. The Hall–Kier alpha value is -2.30. The molecule has 0 spiro atoms. The summed E-state index contributed by atoms with van der Waals surface area (Å²) in [6.07, 6.45) is 3.46. The molecule has 1 aliphatic heterocycles. The number of nitrogens with two attached hydrogens (primary N) is 1. The Balaban J connectivity index is 1.72. The largest absolute Gasteiger partial charge is 0.399 e. The highest BCUT2D eigenvalue weighted by molar-refractivity contribution is 5.76. The van der Waals surface area contributed by atoms with Crippen molar-refractivity contribution < 1.29 is 4.79 Å². The Morgan fingerprint density at radius 2 is 2.17 bits per heavy atom. The maximum absolute atomic E-state index is 12.1. The van der Waals surface area contributed by atoms with Gasteiger partial charge in [0.25, 0.3) is 0 Å². The second kappa shape index (κ2) is 4.18. The van der Waals surface area contributed by atoms with Crippen LogP contribution < -0.4 is 5.73 Å². The fourth-order valence-electron chi connectivity index (χ4n) is 2.22. The number of nitrogen functional groups attached to an aromatic ring is 1. The van der Waals surface area contributed by atoms with Crippen molar-refractivity contribution in [1.29, 1.82) is 0 Å². The van der Waals surface area contributed by atoms with Crippen LogP contribution in [0.4, 0.5) is 5.69 Å². The smallest absolute Gasteiger partial charge is 0.244 e. The molecule has 2 N–H and O–H groups in total. The lowest BCUT2D eigenvalue weighted by Gasteiger charge is -2.15. The van der Waals surface area contributed by atoms with Crippen LogP contribution in [0.15, 0.2) is 36.7 Å². The van der Waals surface area contributed by atoms with Crippen molar-refractivity contribution in [2.24, 2.45) is 0 Å². The van der Waals surface area contributed by atoms with Crippen LogP contribution in [0.2, 0.25) is 0 Å². The normalized spacial score (nSPS) is 13.7. The monoisotopic (exact) mass is 242 g/mol. The Kier molecular flexibility index (Phi) is 2.51. The summed E-state index contributed by atoms with van der Waals surface area (Å²) in [6.45, 7) is 1.59. The molecule has 0 saturated heterocycles. The van der Waals surface area contributed by atoms with E-state index < -0.39 is 0 Å². The number of rotatable bonds is 2. The van der Waals surface area contributed by atoms with E-state index in [0.29, 0.717) is 13.1 Å². The van der Waals surface area contributed by atoms with Gasteiger partial charge in [0.2, 0.25) is 5.91 Å². The lowest BCUT2D eigenvalue weighted by molar-refractivity contribution is -0.132. The SMILES string of the molecule is Nc1ccc2c(c1)CN(C(=O)Cn1cccn1)C2. The van der Waals surface area contributed by atoms with E-state index in [1.165, 1.54) is 5.56 Å². The first-order valence-electron chi connectivity index (χ1n) is 5.85. The van der Waals surface area contributed by atoms with Gasteiger partial charge in [0.05, 0.1) is 0 Å². The molecule has 0 radical (unpaired) electrons. The minimum absolute atomic E-state index is 0.0773. The van der Waals surface area contributed by atoms with Crippen molar-refractivity contribution in [3.8, 4) is 0 Å². The van der Waals surface area contributed by atoms with Gasteiger partial charge in [-0.1, -0.05) is 6.07 Å². The molecule has 0 fully saturated rings. The van der Waals surface area contributed by atoms with E-state index in [4.69, 9.17) is 5.73 Å². The number of nitrogens with zero attached hydrogens (tertiary/aromatic N) is 3. The third kappa shape index (κ3) is 1.95. The van der Waals surface area contributed by atoms with E-state index in [2.05, 4.69) is 5.10 Å². The van der Waals surface area contributed by atoms with Gasteiger partial charge < -0.3 is 10.6 Å². The van der Waals surface area contributed by atoms with Crippen molar-refractivity contribution in [2.75, 3.05) is 5.73 Å². The molecule has 2 heterocycles. The summed E-state index contributed by atoms with van der Waals surface area (Å²) in [7, 11) is 0. The molecule has 0 saturated carbocycles. The molecular weight excluding hydrogens is 228 g/mol. The number of hydrogen-bond donors (Lipinski definition) is 1. The summed E-state index contributed by atoms with van der Waals surface area (Å²) in [4.78, 5) is 13.9. The van der Waals surface area contributed by atoms with Gasteiger partial charge in [-0.2, -0.15) is 5.10 Å². The van der Waals surface area contributed by atoms with Crippen LogP contribution in [0, 0.1) is 0 Å². The molecule has 1 aliphatic rings. The molecule has 1 amide bonds. The molecule has 18 heavy (non-hydrogen) atoms. The van der Waals surface area contributed by atoms with Crippen LogP contribution in [-0.4, -0.2) is 20.6 Å². The van der Waals surface area contributed by atoms with Crippen LogP contribution in [0.5, 0.6) is 0 Å². The molecule has 1 aromatic carbocycles. The molecule has 2 aromatic rings. The minimum Gasteiger partial charge on any atom is -0.399 e. The lowest BCUT2D eigenvalue weighted by atomic mass is 10.1. The molecule has 0 aliphatic carbocycles. The van der Waals surface area contributed by atoms with Gasteiger partial charge >= 0.3 is 0 Å². The number of amides is 1. The van der Waals surface area contributed by atoms with E-state index in [-0.39, 0.29) is 12.5 Å². The van der Waals surface area contributed by atoms with E-state index in [1.54, 1.807) is 17.1 Å². The van der Waals surface area contributed by atoms with Crippen LogP contribution in [-0.2, 0) is 24.4 Å². The molecule has 5 heteroatoms. The van der Waals surface area contributed by atoms with Gasteiger partial charge in [-0.3, -0.25) is 9.48 Å². The molecule has 0 atom stereocenters. The zero-order valence-corrected chi connectivity index (χ0v) is 9.91. The molecule has 92 valence electrons. The predicted octanol–water partition coefficient (Wildman–Crippen LogP) is 1.01. The number of fused-ring (bicyclic) bond motifs is 1. The zero-order valence-electron chi connectivity index (χ0n) is 9.91. The Morgan fingerprint density at radius 3 is 2.94 bits per heavy atom. The summed E-state index contributed by atoms with van der Waals surface area (Å²) < 4.78 is 1.64. The number of benzene rings is 1. The second-order valence-electron chi connectivity index (χ2n) is 4.48. The van der Waals surface area contributed by atoms with Gasteiger partial charge in [-0.15, -0.1) is 0 Å². The van der Waals surface area contributed by atoms with E-state index in [1.807, 2.05) is 29.2 Å². The highest BCUT2D eigenvalue weighted by Crippen LogP contribution is 2.24. The topological polar surface area (TPSA) is 64.2 Å². The summed E-state index contributed by atoms with van der Waals surface area (Å²) in [5, 5.41) is 4.04. The number of anilines is 1. The fourth-order valence-corrected chi connectivity index (χ4v) is 2.22. The van der Waals surface area contributed by atoms with Crippen molar-refractivity contribution in [1.82, 2.24) is 14.7 Å². The summed E-state index contributed by atoms with van der Waals surface area (Å²) >= 11 is 0. The Labute approximate surface area is 105 Å². The van der Waals surface area contributed by atoms with Crippen LogP contribution >= 0.6 is 0 Å². The van der Waals surface area contributed by atoms with E-state index >= 15 is 0 Å². The Morgan fingerprint density at radius 1 is 1.33 bits per heavy atom. The van der Waals surface area contributed by atoms with Gasteiger partial charge in [-0.05, 0) is 29.3 Å². The van der Waals surface area contributed by atoms with Crippen LogP contribution in [0.3, 0.4) is 0 Å². The summed E-state index contributed by atoms with van der Waals surface area (Å²) in [5.41, 5.74) is 8.81. The van der Waals surface area contributed by atoms with Gasteiger partial charge in [0, 0.05) is 31.2 Å². The molecule has 0 bridgehead atoms. The maximum atomic E-state index is 12.1. The van der Waals surface area contributed by atoms with Crippen molar-refractivity contribution in [3.63, 3.8) is 0 Å². The van der Waals surface area contributed by atoms with E-state index in [9.17, 15) is 4.79 Å². The first-order valence-corrected chi connectivity index (χ1v) is 5.85. The molecule has 0 unspecified atom stereocenters. The molecule has 3 rings (SSSR count). The second-order valence-corrected chi connectivity index (χ2v) is 4.48. The first-order chi connectivity index (χ1) is 8.72. The average Bonchev–Trinajstić information content (AvgIpc) is 2.96. The average molecular weight is 242 g/mol. The summed E-state index contributed by atoms with van der Waals surface area (Å²) in [6, 6.07) is 7.62. The predicted molar refractivity (Wildman–Crippen MR) is 67.3 cm³/mol. The quantitative estimate of drug-likeness (QED) is 0.799. The van der Waals surface area contributed by atoms with E-state index in [0.717, 1.165) is 11.3 Å². The molecular formula is C13H14N4O. The van der Waals surface area contributed by atoms with Crippen molar-refractivity contribution in [2.45, 2.75) is 19.6 Å². The number of hydrogen-bond acceptors (Lipinski definition) is 3. The number of carbonyl (C=O) groups excluding carboxylic acids is 1. The fraction of sp³-hybridized carbons (Fsp3) is 0.231. The standard InChI is InChI=1S/C13H14N4O/c14-12-3-2-10-7-16(8-11(10)6-12)13(18)9-17-5-1-4-15-17/h1-6H,7-9,14H2. The highest BCUT2D eigenvalue weighted by Gasteiger charge is 2.23. The third-order valence-electron chi connectivity index (χ3n) is 3.16. The summed E-state index contributed by atoms with van der Waals surface area (Å²) in [5.74, 6) is 0.0773. The first kappa shape index (κ1) is 10.8. The third-order valence-corrected chi connectivity index (χ3v) is 3.16. The van der Waals surface area contributed by atoms with Gasteiger partial charge in [-0.25, -0.2) is 0 Å². The zero-order chi connectivity index (χ0) is 12.5. The molecule has 1 aromatic heterocycles. The number of carbonyl (C=O) groups is 1. The molecule has 5 nitrogen and oxygen atoms in total. The minimum atomic E-state index is 0.0773. The van der Waals surface area contributed by atoms with Crippen molar-refractivity contribution >= 4 is 11.6 Å². The number of aromatic nitrogens is 2. The van der Waals surface area contributed by atoms with Crippen LogP contribution in [0.1, 0.15) is 11.1 Å². The van der Waals surface area contributed by atoms with Gasteiger partial charge in [0.1, 0.15) is 6.54 Å². The highest BCUT2D eigenvalue weighted by atomic mass is 16.2. The Bertz CT molecular complexity index is 577.